The molecule has 1 N–H and O–H groups in total. The summed E-state index contributed by atoms with van der Waals surface area (Å²) in [5.74, 6) is -0.328. The summed E-state index contributed by atoms with van der Waals surface area (Å²) in [6.07, 6.45) is 1.24. The van der Waals surface area contributed by atoms with Gasteiger partial charge < -0.3 is 14.5 Å². The van der Waals surface area contributed by atoms with Gasteiger partial charge in [-0.1, -0.05) is 62.2 Å². The number of fused-ring (bicyclic) bond motifs is 2. The van der Waals surface area contributed by atoms with E-state index >= 15 is 0 Å². The average Bonchev–Trinajstić information content (AvgIpc) is 3.43. The van der Waals surface area contributed by atoms with Crippen LogP contribution in [-0.4, -0.2) is 33.3 Å². The van der Waals surface area contributed by atoms with E-state index in [1.165, 1.54) is 18.3 Å². The van der Waals surface area contributed by atoms with Gasteiger partial charge in [-0.15, -0.1) is 0 Å². The standard InChI is InChI=1S/C31H19Br2N5O6/c32-20-10-11-26-18(12-20)14-27(44-26)30-36-24-9-5-4-8-23(24)31(40)37(30)34-16-19-13-21(33)15-25(38(41)42)29(19)43-17-28(39)35-22-6-2-1-3-7-22/h1-16H,17H2,(H,35,39). The second-order valence-corrected chi connectivity index (χ2v) is 11.2. The zero-order valence-corrected chi connectivity index (χ0v) is 25.6. The van der Waals surface area contributed by atoms with Gasteiger partial charge in [-0.3, -0.25) is 19.7 Å². The molecule has 218 valence electrons. The van der Waals surface area contributed by atoms with Gasteiger partial charge in [0.25, 0.3) is 11.5 Å². The van der Waals surface area contributed by atoms with Crippen LogP contribution in [0.15, 0.2) is 114 Å². The zero-order chi connectivity index (χ0) is 30.8. The molecule has 11 nitrogen and oxygen atoms in total. The Morgan fingerprint density at radius 3 is 2.59 bits per heavy atom. The van der Waals surface area contributed by atoms with Crippen LogP contribution in [-0.2, 0) is 4.79 Å². The molecule has 0 aliphatic heterocycles. The number of nitro groups is 1. The molecule has 0 saturated carbocycles. The van der Waals surface area contributed by atoms with Crippen molar-refractivity contribution in [3.8, 4) is 17.3 Å². The molecule has 0 bridgehead atoms. The molecule has 6 rings (SSSR count). The maximum atomic E-state index is 13.7. The number of carbonyl (C=O) groups is 1. The monoisotopic (exact) mass is 715 g/mol. The lowest BCUT2D eigenvalue weighted by molar-refractivity contribution is -0.385. The third-order valence-corrected chi connectivity index (χ3v) is 7.38. The Kier molecular flexibility index (Phi) is 8.05. The number of furan rings is 1. The molecule has 0 fully saturated rings. The van der Waals surface area contributed by atoms with E-state index in [1.54, 1.807) is 66.7 Å². The Balaban J connectivity index is 1.43. The van der Waals surface area contributed by atoms with Gasteiger partial charge in [-0.05, 0) is 54.6 Å². The number of hydrogen-bond donors (Lipinski definition) is 1. The minimum absolute atomic E-state index is 0.117. The summed E-state index contributed by atoms with van der Waals surface area (Å²) in [6.45, 7) is -0.518. The smallest absolute Gasteiger partial charge is 0.312 e. The van der Waals surface area contributed by atoms with Crippen LogP contribution in [0.1, 0.15) is 5.56 Å². The highest BCUT2D eigenvalue weighted by atomic mass is 79.9. The summed E-state index contributed by atoms with van der Waals surface area (Å²) in [7, 11) is 0. The van der Waals surface area contributed by atoms with E-state index in [1.807, 2.05) is 12.1 Å². The van der Waals surface area contributed by atoms with E-state index in [4.69, 9.17) is 9.15 Å². The number of nitro benzene ring substituents is 1. The lowest BCUT2D eigenvalue weighted by Crippen LogP contribution is -2.21. The van der Waals surface area contributed by atoms with Crippen molar-refractivity contribution >= 4 is 77.2 Å². The van der Waals surface area contributed by atoms with Crippen molar-refractivity contribution in [2.45, 2.75) is 0 Å². The summed E-state index contributed by atoms with van der Waals surface area (Å²) in [5.41, 5.74) is 0.804. The lowest BCUT2D eigenvalue weighted by Gasteiger charge is -2.11. The third kappa shape index (κ3) is 6.00. The van der Waals surface area contributed by atoms with Crippen LogP contribution in [0.3, 0.4) is 0 Å². The van der Waals surface area contributed by atoms with E-state index in [0.717, 1.165) is 14.5 Å². The number of nitrogens with one attached hydrogen (secondary N) is 1. The highest BCUT2D eigenvalue weighted by Gasteiger charge is 2.22. The molecule has 1 amide bonds. The molecule has 13 heteroatoms. The van der Waals surface area contributed by atoms with Gasteiger partial charge in [-0.25, -0.2) is 4.98 Å². The van der Waals surface area contributed by atoms with E-state index < -0.39 is 28.7 Å². The van der Waals surface area contributed by atoms with Crippen LogP contribution in [0, 0.1) is 10.1 Å². The maximum absolute atomic E-state index is 13.7. The average molecular weight is 717 g/mol. The quantitative estimate of drug-likeness (QED) is 0.100. The normalized spacial score (nSPS) is 11.3. The molecule has 44 heavy (non-hydrogen) atoms. The summed E-state index contributed by atoms with van der Waals surface area (Å²) in [5, 5.41) is 20.1. The molecule has 6 aromatic rings. The topological polar surface area (TPSA) is 142 Å². The number of para-hydroxylation sites is 2. The number of nitrogens with zero attached hydrogens (tertiary/aromatic N) is 4. The predicted octanol–water partition coefficient (Wildman–Crippen LogP) is 7.14. The molecule has 4 aromatic carbocycles. The number of halogens is 2. The Labute approximate surface area is 265 Å². The first-order valence-electron chi connectivity index (χ1n) is 13.0. The van der Waals surface area contributed by atoms with Crippen LogP contribution < -0.4 is 15.6 Å². The van der Waals surface area contributed by atoms with E-state index in [0.29, 0.717) is 26.6 Å². The second kappa shape index (κ2) is 12.2. The van der Waals surface area contributed by atoms with Gasteiger partial charge in [0, 0.05) is 31.6 Å². The number of amides is 1. The molecule has 0 aliphatic rings. The first kappa shape index (κ1) is 29.0. The molecule has 0 unspecified atom stereocenters. The van der Waals surface area contributed by atoms with Crippen molar-refractivity contribution in [1.82, 2.24) is 9.66 Å². The summed E-state index contributed by atoms with van der Waals surface area (Å²) < 4.78 is 14.0. The van der Waals surface area contributed by atoms with E-state index in [9.17, 15) is 19.7 Å². The molecule has 0 atom stereocenters. The fourth-order valence-electron chi connectivity index (χ4n) is 4.48. The highest BCUT2D eigenvalue weighted by molar-refractivity contribution is 9.10. The molecule has 0 radical (unpaired) electrons. The van der Waals surface area contributed by atoms with Crippen LogP contribution in [0.25, 0.3) is 33.5 Å². The van der Waals surface area contributed by atoms with E-state index in [-0.39, 0.29) is 22.9 Å². The van der Waals surface area contributed by atoms with Crippen LogP contribution in [0.2, 0.25) is 0 Å². The van der Waals surface area contributed by atoms with E-state index in [2.05, 4.69) is 47.3 Å². The first-order chi connectivity index (χ1) is 21.3. The largest absolute Gasteiger partial charge is 0.476 e. The van der Waals surface area contributed by atoms with Crippen molar-refractivity contribution in [2.75, 3.05) is 11.9 Å². The third-order valence-electron chi connectivity index (χ3n) is 6.43. The number of ether oxygens (including phenoxy) is 1. The number of anilines is 1. The Morgan fingerprint density at radius 2 is 1.80 bits per heavy atom. The molecule has 0 saturated heterocycles. The van der Waals surface area contributed by atoms with Crippen molar-refractivity contribution < 1.29 is 18.9 Å². The minimum atomic E-state index is -0.631. The maximum Gasteiger partial charge on any atom is 0.312 e. The number of aromatic nitrogens is 2. The van der Waals surface area contributed by atoms with Gasteiger partial charge in [0.2, 0.25) is 11.6 Å². The van der Waals surface area contributed by atoms with Gasteiger partial charge in [0.05, 0.1) is 22.0 Å². The number of hydrogen-bond acceptors (Lipinski definition) is 8. The summed E-state index contributed by atoms with van der Waals surface area (Å²) in [4.78, 5) is 42.3. The van der Waals surface area contributed by atoms with Crippen molar-refractivity contribution in [3.05, 3.63) is 126 Å². The molecule has 2 heterocycles. The molecule has 2 aromatic heterocycles. The van der Waals surface area contributed by atoms with Gasteiger partial charge in [-0.2, -0.15) is 9.78 Å². The Bertz CT molecular complexity index is 2160. The SMILES string of the molecule is O=C(COc1c(C=Nn2c(-c3cc4cc(Br)ccc4o3)nc3ccccc3c2=O)cc(Br)cc1[N+](=O)[O-])Nc1ccccc1. The van der Waals surface area contributed by atoms with Gasteiger partial charge in [0.15, 0.2) is 12.4 Å². The molecule has 0 spiro atoms. The highest BCUT2D eigenvalue weighted by Crippen LogP contribution is 2.34. The second-order valence-electron chi connectivity index (χ2n) is 9.41. The van der Waals surface area contributed by atoms with Crippen LogP contribution in [0.5, 0.6) is 5.75 Å². The molecular formula is C31H19Br2N5O6. The van der Waals surface area contributed by atoms with Crippen LogP contribution in [0.4, 0.5) is 11.4 Å². The Morgan fingerprint density at radius 1 is 1.02 bits per heavy atom. The molecular weight excluding hydrogens is 698 g/mol. The number of carbonyl (C=O) groups excluding carboxylic acids is 1. The fourth-order valence-corrected chi connectivity index (χ4v) is 5.32. The predicted molar refractivity (Wildman–Crippen MR) is 173 cm³/mol. The van der Waals surface area contributed by atoms with Crippen molar-refractivity contribution in [2.24, 2.45) is 5.10 Å². The summed E-state index contributed by atoms with van der Waals surface area (Å²) >= 11 is 6.74. The van der Waals surface area contributed by atoms with Gasteiger partial charge >= 0.3 is 5.69 Å². The zero-order valence-electron chi connectivity index (χ0n) is 22.4. The molecule has 0 aliphatic carbocycles. The Hall–Kier alpha value is -5.14. The lowest BCUT2D eigenvalue weighted by atomic mass is 10.2. The number of rotatable bonds is 8. The van der Waals surface area contributed by atoms with Crippen molar-refractivity contribution in [1.29, 1.82) is 0 Å². The minimum Gasteiger partial charge on any atom is -0.476 e. The van der Waals surface area contributed by atoms with Crippen molar-refractivity contribution in [3.63, 3.8) is 0 Å². The van der Waals surface area contributed by atoms with Crippen LogP contribution >= 0.6 is 31.9 Å². The van der Waals surface area contributed by atoms with Gasteiger partial charge in [0.1, 0.15) is 5.58 Å². The first-order valence-corrected chi connectivity index (χ1v) is 14.6. The fraction of sp³-hybridized carbons (Fsp3) is 0.0323. The summed E-state index contributed by atoms with van der Waals surface area (Å²) in [6, 6.07) is 25.5. The number of benzene rings is 4.